The first-order chi connectivity index (χ1) is 7.32. The fourth-order valence-corrected chi connectivity index (χ4v) is 2.17. The molecule has 0 saturated carbocycles. The summed E-state index contributed by atoms with van der Waals surface area (Å²) < 4.78 is 25.2. The summed E-state index contributed by atoms with van der Waals surface area (Å²) in [5, 5.41) is 18.5. The number of phosphoric acid groups is 1. The summed E-state index contributed by atoms with van der Waals surface area (Å²) in [6, 6.07) is 0. The minimum Gasteiger partial charge on any atom is -0.756 e. The Morgan fingerprint density at radius 1 is 1.56 bits per heavy atom. The van der Waals surface area contributed by atoms with Crippen molar-refractivity contribution in [3.63, 3.8) is 0 Å². The number of hydrogen-bond acceptors (Lipinski definition) is 7. The molecule has 0 spiro atoms. The maximum absolute atomic E-state index is 11.2. The van der Waals surface area contributed by atoms with Crippen LogP contribution in [0.5, 0.6) is 0 Å². The van der Waals surface area contributed by atoms with Gasteiger partial charge in [0.25, 0.3) is 7.82 Å². The van der Waals surface area contributed by atoms with Crippen LogP contribution in [0, 0.1) is 0 Å². The van der Waals surface area contributed by atoms with E-state index in [1.165, 1.54) is 0 Å². The standard InChI is InChI=1S/C8H17O7P/c1-5(2)15-16(11,12)14-4-7-8(10)6(9)3-13-7/h5-10H,3-4H2,1-2H3,(H,11,12)/p-1/t6-,7+,8-/m0/s1. The van der Waals surface area contributed by atoms with E-state index in [1.54, 1.807) is 13.8 Å². The highest BCUT2D eigenvalue weighted by Crippen LogP contribution is 2.40. The topological polar surface area (TPSA) is 108 Å². The SMILES string of the molecule is CC(C)OP(=O)([O-])OC[C@H]1OC[C@H](O)[C@@H]1O. The van der Waals surface area contributed by atoms with Crippen LogP contribution in [0.3, 0.4) is 0 Å². The van der Waals surface area contributed by atoms with Gasteiger partial charge in [-0.25, -0.2) is 0 Å². The van der Waals surface area contributed by atoms with Crippen LogP contribution < -0.4 is 4.89 Å². The van der Waals surface area contributed by atoms with E-state index >= 15 is 0 Å². The minimum absolute atomic E-state index is 0.0383. The van der Waals surface area contributed by atoms with Gasteiger partial charge in [-0.3, -0.25) is 4.57 Å². The molecule has 0 aromatic carbocycles. The van der Waals surface area contributed by atoms with Gasteiger partial charge in [0.05, 0.1) is 19.3 Å². The number of hydrogen-bond donors (Lipinski definition) is 2. The number of rotatable bonds is 5. The maximum atomic E-state index is 11.2. The van der Waals surface area contributed by atoms with E-state index in [1.807, 2.05) is 0 Å². The molecule has 0 aromatic heterocycles. The Morgan fingerprint density at radius 2 is 2.19 bits per heavy atom. The van der Waals surface area contributed by atoms with E-state index in [4.69, 9.17) is 9.84 Å². The normalized spacial score (nSPS) is 34.2. The van der Waals surface area contributed by atoms with E-state index in [-0.39, 0.29) is 13.2 Å². The maximum Gasteiger partial charge on any atom is 0.268 e. The van der Waals surface area contributed by atoms with E-state index in [9.17, 15) is 14.6 Å². The van der Waals surface area contributed by atoms with Crippen molar-refractivity contribution < 1.29 is 33.5 Å². The second-order valence-corrected chi connectivity index (χ2v) is 5.19. The van der Waals surface area contributed by atoms with Crippen molar-refractivity contribution in [2.75, 3.05) is 13.2 Å². The molecule has 7 nitrogen and oxygen atoms in total. The molecule has 0 amide bonds. The van der Waals surface area contributed by atoms with Gasteiger partial charge in [0.1, 0.15) is 18.3 Å². The van der Waals surface area contributed by atoms with Crippen molar-refractivity contribution in [2.24, 2.45) is 0 Å². The van der Waals surface area contributed by atoms with Gasteiger partial charge in [-0.2, -0.15) is 0 Å². The van der Waals surface area contributed by atoms with Crippen LogP contribution in [0.1, 0.15) is 13.8 Å². The highest BCUT2D eigenvalue weighted by molar-refractivity contribution is 7.45. The lowest BCUT2D eigenvalue weighted by atomic mass is 10.2. The highest BCUT2D eigenvalue weighted by Gasteiger charge is 2.35. The van der Waals surface area contributed by atoms with Gasteiger partial charge in [-0.15, -0.1) is 0 Å². The molecule has 0 radical (unpaired) electrons. The van der Waals surface area contributed by atoms with E-state index in [2.05, 4.69) is 9.05 Å². The van der Waals surface area contributed by atoms with E-state index in [0.29, 0.717) is 0 Å². The summed E-state index contributed by atoms with van der Waals surface area (Å²) in [5.74, 6) is 0. The van der Waals surface area contributed by atoms with Crippen LogP contribution in [0.15, 0.2) is 0 Å². The molecule has 1 rings (SSSR count). The third kappa shape index (κ3) is 4.10. The van der Waals surface area contributed by atoms with Crippen molar-refractivity contribution >= 4 is 7.82 Å². The first-order valence-electron chi connectivity index (χ1n) is 4.93. The van der Waals surface area contributed by atoms with Crippen LogP contribution in [-0.2, 0) is 18.3 Å². The molecule has 0 aliphatic carbocycles. The summed E-state index contributed by atoms with van der Waals surface area (Å²) in [6.07, 6.45) is -3.51. The predicted molar refractivity (Wildman–Crippen MR) is 51.5 cm³/mol. The zero-order valence-electron chi connectivity index (χ0n) is 9.11. The smallest absolute Gasteiger partial charge is 0.268 e. The lowest BCUT2D eigenvalue weighted by molar-refractivity contribution is -0.230. The number of phosphoric ester groups is 1. The lowest BCUT2D eigenvalue weighted by Gasteiger charge is -2.26. The molecular formula is C8H16O7P-. The van der Waals surface area contributed by atoms with Crippen molar-refractivity contribution in [2.45, 2.75) is 38.3 Å². The fourth-order valence-electron chi connectivity index (χ4n) is 1.27. The second kappa shape index (κ2) is 5.55. The largest absolute Gasteiger partial charge is 0.756 e. The number of aliphatic hydroxyl groups excluding tert-OH is 2. The molecule has 96 valence electrons. The van der Waals surface area contributed by atoms with E-state index < -0.39 is 32.2 Å². The van der Waals surface area contributed by atoms with Gasteiger partial charge in [0.2, 0.25) is 0 Å². The molecule has 1 fully saturated rings. The van der Waals surface area contributed by atoms with Crippen molar-refractivity contribution in [3.05, 3.63) is 0 Å². The molecule has 0 bridgehead atoms. The monoisotopic (exact) mass is 255 g/mol. The molecule has 1 heterocycles. The zero-order chi connectivity index (χ0) is 12.3. The van der Waals surface area contributed by atoms with Crippen LogP contribution in [0.2, 0.25) is 0 Å². The summed E-state index contributed by atoms with van der Waals surface area (Å²) in [7, 11) is -4.37. The minimum atomic E-state index is -4.37. The van der Waals surface area contributed by atoms with Crippen molar-refractivity contribution in [1.82, 2.24) is 0 Å². The van der Waals surface area contributed by atoms with Gasteiger partial charge in [0.15, 0.2) is 0 Å². The van der Waals surface area contributed by atoms with Crippen LogP contribution in [0.25, 0.3) is 0 Å². The summed E-state index contributed by atoms with van der Waals surface area (Å²) in [5.41, 5.74) is 0. The Bertz CT molecular complexity index is 269. The molecule has 1 aliphatic heterocycles. The van der Waals surface area contributed by atoms with Crippen LogP contribution in [0.4, 0.5) is 0 Å². The molecule has 1 aliphatic rings. The summed E-state index contributed by atoms with van der Waals surface area (Å²) in [4.78, 5) is 11.2. The first-order valence-corrected chi connectivity index (χ1v) is 6.39. The Kier molecular flexibility index (Phi) is 4.88. The average Bonchev–Trinajstić information content (AvgIpc) is 2.43. The van der Waals surface area contributed by atoms with Gasteiger partial charge in [0, 0.05) is 0 Å². The van der Waals surface area contributed by atoms with Gasteiger partial charge in [-0.05, 0) is 13.8 Å². The van der Waals surface area contributed by atoms with Gasteiger partial charge in [-0.1, -0.05) is 0 Å². The molecule has 0 aromatic rings. The Labute approximate surface area is 93.6 Å². The molecule has 8 heteroatoms. The van der Waals surface area contributed by atoms with Crippen molar-refractivity contribution in [1.29, 1.82) is 0 Å². The Hall–Kier alpha value is -0.0100. The van der Waals surface area contributed by atoms with Crippen LogP contribution in [-0.4, -0.2) is 47.8 Å². The third-order valence-electron chi connectivity index (χ3n) is 1.99. The van der Waals surface area contributed by atoms with Gasteiger partial charge < -0.3 is 28.9 Å². The number of ether oxygens (including phenoxy) is 1. The third-order valence-corrected chi connectivity index (χ3v) is 3.14. The summed E-state index contributed by atoms with van der Waals surface area (Å²) in [6.45, 7) is 2.70. The first kappa shape index (κ1) is 14.1. The summed E-state index contributed by atoms with van der Waals surface area (Å²) >= 11 is 0. The van der Waals surface area contributed by atoms with Gasteiger partial charge >= 0.3 is 0 Å². The average molecular weight is 255 g/mol. The second-order valence-electron chi connectivity index (χ2n) is 3.83. The molecule has 1 saturated heterocycles. The Morgan fingerprint density at radius 3 is 2.62 bits per heavy atom. The molecular weight excluding hydrogens is 239 g/mol. The molecule has 16 heavy (non-hydrogen) atoms. The zero-order valence-corrected chi connectivity index (χ0v) is 10.0. The van der Waals surface area contributed by atoms with Crippen LogP contribution >= 0.6 is 7.82 Å². The molecule has 2 N–H and O–H groups in total. The lowest BCUT2D eigenvalue weighted by Crippen LogP contribution is -2.33. The predicted octanol–water partition coefficient (Wildman–Crippen LogP) is -0.983. The van der Waals surface area contributed by atoms with E-state index in [0.717, 1.165) is 0 Å². The quantitative estimate of drug-likeness (QED) is 0.607. The number of aliphatic hydroxyl groups is 2. The highest BCUT2D eigenvalue weighted by atomic mass is 31.2. The fraction of sp³-hybridized carbons (Fsp3) is 1.00. The Balaban J connectivity index is 2.37. The molecule has 4 atom stereocenters. The van der Waals surface area contributed by atoms with Crippen molar-refractivity contribution in [3.8, 4) is 0 Å². The molecule has 1 unspecified atom stereocenters.